The monoisotopic (exact) mass is 551 g/mol. The number of benzene rings is 1. The third kappa shape index (κ3) is 4.01. The summed E-state index contributed by atoms with van der Waals surface area (Å²) in [5, 5.41) is 17.9. The number of hydrogen-bond donors (Lipinski definition) is 2. The van der Waals surface area contributed by atoms with Crippen LogP contribution in [0.15, 0.2) is 23.1 Å². The number of alkyl halides is 5. The van der Waals surface area contributed by atoms with Crippen molar-refractivity contribution in [3.05, 3.63) is 23.8 Å². The number of ether oxygens (including phenoxy) is 1. The maximum absolute atomic E-state index is 13.9. The molecule has 1 aromatic rings. The molecule has 2 saturated carbocycles. The highest BCUT2D eigenvalue weighted by atomic mass is 32.2. The second kappa shape index (κ2) is 8.26. The molecule has 1 aliphatic heterocycles. The SMILES string of the molecule is CO[C@@H]1C[C@H](S(=O)(=O)c2ccc(N3CC(F)(F)C3)cc2C(F)(F)F)C[C@@]1(C(=O)O)C1CC1(C#N)C(N)=O. The van der Waals surface area contributed by atoms with Crippen molar-refractivity contribution in [2.45, 2.75) is 47.6 Å². The van der Waals surface area contributed by atoms with E-state index in [1.54, 1.807) is 6.07 Å². The fraction of sp³-hybridized carbons (Fsp3) is 0.591. The Morgan fingerprint density at radius 3 is 2.30 bits per heavy atom. The summed E-state index contributed by atoms with van der Waals surface area (Å²) in [5.41, 5.74) is -0.443. The second-order valence-corrected chi connectivity index (χ2v) is 12.0. The van der Waals surface area contributed by atoms with Gasteiger partial charge in [-0.25, -0.2) is 17.2 Å². The standard InChI is InChI=1S/C22H22F5N3O6S/c1-36-16-5-12(6-21(16,18(32)33)15-7-19(15,8-28)17(29)31)37(34,35)14-3-2-11(4-13(14)22(25,26)27)30-9-20(23,24)10-30/h2-4,12,15-16H,5-7,9-10H2,1H3,(H2,29,31)(H,32,33)/t12-,15?,16+,19?,21+/m0/s1. The largest absolute Gasteiger partial charge is 0.481 e. The number of halogens is 5. The van der Waals surface area contributed by atoms with Gasteiger partial charge in [0.15, 0.2) is 9.84 Å². The number of anilines is 1. The van der Waals surface area contributed by atoms with Gasteiger partial charge in [0.2, 0.25) is 5.91 Å². The van der Waals surface area contributed by atoms with Crippen molar-refractivity contribution in [1.82, 2.24) is 0 Å². The van der Waals surface area contributed by atoms with E-state index in [4.69, 9.17) is 10.5 Å². The predicted molar refractivity (Wildman–Crippen MR) is 115 cm³/mol. The van der Waals surface area contributed by atoms with Gasteiger partial charge in [-0.05, 0) is 37.5 Å². The Morgan fingerprint density at radius 2 is 1.86 bits per heavy atom. The summed E-state index contributed by atoms with van der Waals surface area (Å²) >= 11 is 0. The normalized spacial score (nSPS) is 32.9. The molecule has 2 unspecified atom stereocenters. The third-order valence-electron chi connectivity index (χ3n) is 7.74. The van der Waals surface area contributed by atoms with Crippen molar-refractivity contribution in [2.75, 3.05) is 25.1 Å². The zero-order chi connectivity index (χ0) is 27.8. The van der Waals surface area contributed by atoms with Gasteiger partial charge < -0.3 is 20.5 Å². The predicted octanol–water partition coefficient (Wildman–Crippen LogP) is 2.20. The molecule has 202 valence electrons. The number of sulfone groups is 1. The first-order valence-corrected chi connectivity index (χ1v) is 12.6. The van der Waals surface area contributed by atoms with E-state index in [9.17, 15) is 50.3 Å². The number of nitrogens with two attached hydrogens (primary N) is 1. The third-order valence-corrected chi connectivity index (χ3v) is 9.95. The van der Waals surface area contributed by atoms with Gasteiger partial charge in [-0.1, -0.05) is 0 Å². The molecule has 0 aromatic heterocycles. The molecule has 0 radical (unpaired) electrons. The number of rotatable bonds is 7. The van der Waals surface area contributed by atoms with E-state index in [1.165, 1.54) is 0 Å². The Balaban J connectivity index is 1.74. The number of carboxylic acid groups (broad SMARTS) is 1. The van der Waals surface area contributed by atoms with Crippen LogP contribution in [0.5, 0.6) is 0 Å². The summed E-state index contributed by atoms with van der Waals surface area (Å²) in [5.74, 6) is -6.93. The minimum Gasteiger partial charge on any atom is -0.481 e. The molecular weight excluding hydrogens is 529 g/mol. The molecule has 4 rings (SSSR count). The molecule has 5 atom stereocenters. The highest BCUT2D eigenvalue weighted by molar-refractivity contribution is 7.92. The summed E-state index contributed by atoms with van der Waals surface area (Å²) in [6.45, 7) is -1.64. The lowest BCUT2D eigenvalue weighted by Crippen LogP contribution is -2.56. The molecule has 2 aliphatic carbocycles. The summed E-state index contributed by atoms with van der Waals surface area (Å²) in [6, 6.07) is 3.84. The molecular formula is C22H22F5N3O6S. The Kier molecular flexibility index (Phi) is 6.04. The topological polar surface area (TPSA) is 151 Å². The number of nitrogens with zero attached hydrogens (tertiary/aromatic N) is 2. The van der Waals surface area contributed by atoms with Gasteiger partial charge >= 0.3 is 12.1 Å². The van der Waals surface area contributed by atoms with E-state index in [2.05, 4.69) is 0 Å². The molecule has 37 heavy (non-hydrogen) atoms. The fourth-order valence-electron chi connectivity index (χ4n) is 5.72. The summed E-state index contributed by atoms with van der Waals surface area (Å²) < 4.78 is 101. The molecule has 3 N–H and O–H groups in total. The van der Waals surface area contributed by atoms with E-state index in [-0.39, 0.29) is 12.1 Å². The number of methoxy groups -OCH3 is 1. The van der Waals surface area contributed by atoms with Crippen LogP contribution >= 0.6 is 0 Å². The first kappa shape index (κ1) is 27.1. The molecule has 0 bridgehead atoms. The number of carbonyl (C=O) groups is 2. The van der Waals surface area contributed by atoms with Crippen LogP contribution in [-0.2, 0) is 30.3 Å². The van der Waals surface area contributed by atoms with Crippen LogP contribution in [0.3, 0.4) is 0 Å². The molecule has 0 spiro atoms. The highest BCUT2D eigenvalue weighted by Gasteiger charge is 2.75. The Bertz CT molecular complexity index is 1300. The zero-order valence-corrected chi connectivity index (χ0v) is 20.1. The van der Waals surface area contributed by atoms with Crippen LogP contribution in [0.4, 0.5) is 27.6 Å². The van der Waals surface area contributed by atoms with Gasteiger partial charge in [-0.15, -0.1) is 0 Å². The van der Waals surface area contributed by atoms with Crippen LogP contribution in [-0.4, -0.2) is 62.9 Å². The van der Waals surface area contributed by atoms with E-state index in [0.29, 0.717) is 12.1 Å². The quantitative estimate of drug-likeness (QED) is 0.490. The molecule has 1 heterocycles. The van der Waals surface area contributed by atoms with Crippen LogP contribution in [0.2, 0.25) is 0 Å². The average Bonchev–Trinajstić information content (AvgIpc) is 3.41. The summed E-state index contributed by atoms with van der Waals surface area (Å²) in [4.78, 5) is 24.2. The van der Waals surface area contributed by atoms with Crippen molar-refractivity contribution in [3.8, 4) is 6.07 Å². The maximum Gasteiger partial charge on any atom is 0.417 e. The van der Waals surface area contributed by atoms with Crippen molar-refractivity contribution < 1.29 is 49.8 Å². The number of carbonyl (C=O) groups excluding carboxylic acids is 1. The number of hydrogen-bond acceptors (Lipinski definition) is 7. The second-order valence-electron chi connectivity index (χ2n) is 9.77. The van der Waals surface area contributed by atoms with Crippen molar-refractivity contribution in [1.29, 1.82) is 5.26 Å². The van der Waals surface area contributed by atoms with Crippen LogP contribution in [0.1, 0.15) is 24.8 Å². The minimum atomic E-state index is -5.17. The van der Waals surface area contributed by atoms with Gasteiger partial charge in [0.1, 0.15) is 10.8 Å². The molecule has 9 nitrogen and oxygen atoms in total. The number of aliphatic carboxylic acids is 1. The lowest BCUT2D eigenvalue weighted by atomic mass is 9.75. The first-order chi connectivity index (χ1) is 17.0. The van der Waals surface area contributed by atoms with Gasteiger partial charge in [0.25, 0.3) is 5.92 Å². The van der Waals surface area contributed by atoms with E-state index in [0.717, 1.165) is 18.1 Å². The molecule has 3 fully saturated rings. The minimum absolute atomic E-state index is 0.239. The maximum atomic E-state index is 13.9. The average molecular weight is 551 g/mol. The number of primary amides is 1. The number of nitriles is 1. The Labute approximate surface area is 207 Å². The van der Waals surface area contributed by atoms with Crippen molar-refractivity contribution in [2.24, 2.45) is 22.5 Å². The van der Waals surface area contributed by atoms with Gasteiger partial charge in [0, 0.05) is 18.7 Å². The molecule has 1 amide bonds. The Morgan fingerprint density at radius 1 is 1.24 bits per heavy atom. The lowest BCUT2D eigenvalue weighted by molar-refractivity contribution is -0.159. The molecule has 1 aromatic carbocycles. The Hall–Kier alpha value is -2.99. The van der Waals surface area contributed by atoms with Crippen molar-refractivity contribution in [3.63, 3.8) is 0 Å². The first-order valence-electron chi connectivity index (χ1n) is 11.0. The van der Waals surface area contributed by atoms with Crippen molar-refractivity contribution >= 4 is 27.4 Å². The highest BCUT2D eigenvalue weighted by Crippen LogP contribution is 2.66. The molecule has 1 saturated heterocycles. The molecule has 15 heteroatoms. The van der Waals surface area contributed by atoms with Crippen LogP contribution < -0.4 is 10.6 Å². The van der Waals surface area contributed by atoms with Gasteiger partial charge in [0.05, 0.1) is 41.0 Å². The van der Waals surface area contributed by atoms with Gasteiger partial charge in [-0.2, -0.15) is 18.4 Å². The summed E-state index contributed by atoms with van der Waals surface area (Å²) in [6.07, 6.45) is -8.02. The van der Waals surface area contributed by atoms with E-state index >= 15 is 0 Å². The number of amides is 1. The fourth-order valence-corrected chi connectivity index (χ4v) is 7.74. The van der Waals surface area contributed by atoms with E-state index in [1.807, 2.05) is 0 Å². The zero-order valence-electron chi connectivity index (χ0n) is 19.3. The van der Waals surface area contributed by atoms with E-state index < -0.39 is 98.3 Å². The smallest absolute Gasteiger partial charge is 0.417 e. The van der Waals surface area contributed by atoms with Gasteiger partial charge in [-0.3, -0.25) is 9.59 Å². The van der Waals surface area contributed by atoms with Crippen LogP contribution in [0, 0.1) is 28.1 Å². The molecule has 3 aliphatic rings. The lowest BCUT2D eigenvalue weighted by Gasteiger charge is -2.40. The number of carboxylic acids is 1. The van der Waals surface area contributed by atoms with Crippen LogP contribution in [0.25, 0.3) is 0 Å². The summed E-state index contributed by atoms with van der Waals surface area (Å²) in [7, 11) is -3.76.